The van der Waals surface area contributed by atoms with Gasteiger partial charge in [0.25, 0.3) is 0 Å². The van der Waals surface area contributed by atoms with Crippen molar-refractivity contribution in [3.05, 3.63) is 0 Å². The third kappa shape index (κ3) is 3.68. The molecule has 190 valence electrons. The van der Waals surface area contributed by atoms with E-state index >= 15 is 0 Å². The lowest BCUT2D eigenvalue weighted by Crippen LogP contribution is -2.63. The van der Waals surface area contributed by atoms with E-state index in [9.17, 15) is 20.1 Å². The molecule has 33 heavy (non-hydrogen) atoms. The van der Waals surface area contributed by atoms with Crippen LogP contribution in [0, 0.1) is 45.3 Å². The summed E-state index contributed by atoms with van der Waals surface area (Å²) in [5.41, 5.74) is -0.504. The second-order valence-electron chi connectivity index (χ2n) is 14.4. The van der Waals surface area contributed by atoms with Crippen LogP contribution >= 0.6 is 0 Å². The first-order valence-electron chi connectivity index (χ1n) is 13.7. The maximum absolute atomic E-state index is 13.3. The first kappa shape index (κ1) is 25.6. The molecule has 0 spiro atoms. The smallest absolute Gasteiger partial charge is 0.136 e. The minimum Gasteiger partial charge on any atom is -0.393 e. The van der Waals surface area contributed by atoms with E-state index in [2.05, 4.69) is 34.6 Å². The standard InChI is InChI=1S/C29H50O4/c1-25(2)21-13-17-29(7)22(27(21,5)15-14-23(25)31)10-8-19-18(12-16-28(19,29)6)20(30)9-11-24(32)26(3,4)33/h18-19,21-24,31-33H,8-17H2,1-7H3. The molecule has 4 aliphatic carbocycles. The number of aliphatic hydroxyl groups is 3. The van der Waals surface area contributed by atoms with Gasteiger partial charge in [0.05, 0.1) is 17.8 Å². The maximum Gasteiger partial charge on any atom is 0.136 e. The molecule has 0 saturated heterocycles. The lowest BCUT2D eigenvalue weighted by molar-refractivity contribution is -0.221. The first-order chi connectivity index (χ1) is 15.1. The average molecular weight is 463 g/mol. The van der Waals surface area contributed by atoms with Crippen LogP contribution in [0.3, 0.4) is 0 Å². The number of aliphatic hydroxyl groups excluding tert-OH is 2. The summed E-state index contributed by atoms with van der Waals surface area (Å²) >= 11 is 0. The molecule has 0 aromatic heterocycles. The van der Waals surface area contributed by atoms with Gasteiger partial charge in [-0.05, 0) is 111 Å². The number of hydrogen-bond donors (Lipinski definition) is 3. The minimum atomic E-state index is -1.16. The third-order valence-electron chi connectivity index (χ3n) is 12.3. The summed E-state index contributed by atoms with van der Waals surface area (Å²) in [6.07, 6.45) is 8.53. The van der Waals surface area contributed by atoms with Crippen LogP contribution in [0.15, 0.2) is 0 Å². The van der Waals surface area contributed by atoms with Crippen molar-refractivity contribution in [2.75, 3.05) is 0 Å². The summed E-state index contributed by atoms with van der Waals surface area (Å²) in [7, 11) is 0. The fourth-order valence-electron chi connectivity index (χ4n) is 9.94. The number of Topliss-reactive ketones (excluding diaryl/α,β-unsaturated/α-hetero) is 1. The van der Waals surface area contributed by atoms with E-state index in [-0.39, 0.29) is 33.7 Å². The van der Waals surface area contributed by atoms with Crippen molar-refractivity contribution < 1.29 is 20.1 Å². The van der Waals surface area contributed by atoms with Crippen molar-refractivity contribution >= 4 is 5.78 Å². The Morgan fingerprint density at radius 2 is 1.55 bits per heavy atom. The van der Waals surface area contributed by atoms with E-state index < -0.39 is 11.7 Å². The van der Waals surface area contributed by atoms with Crippen LogP contribution in [0.2, 0.25) is 0 Å². The van der Waals surface area contributed by atoms with Gasteiger partial charge in [-0.1, -0.05) is 34.6 Å². The van der Waals surface area contributed by atoms with Crippen molar-refractivity contribution in [2.24, 2.45) is 45.3 Å². The highest BCUT2D eigenvalue weighted by atomic mass is 16.3. The fraction of sp³-hybridized carbons (Fsp3) is 0.966. The predicted octanol–water partition coefficient (Wildman–Crippen LogP) is 5.51. The summed E-state index contributed by atoms with van der Waals surface area (Å²) in [4.78, 5) is 13.3. The maximum atomic E-state index is 13.3. The lowest BCUT2D eigenvalue weighted by Gasteiger charge is -2.69. The van der Waals surface area contributed by atoms with Crippen LogP contribution in [0.1, 0.15) is 113 Å². The molecule has 3 N–H and O–H groups in total. The first-order valence-corrected chi connectivity index (χ1v) is 13.7. The van der Waals surface area contributed by atoms with Crippen LogP contribution in [-0.2, 0) is 4.79 Å². The molecule has 0 aromatic rings. The molecule has 4 aliphatic rings. The second-order valence-corrected chi connectivity index (χ2v) is 14.4. The van der Waals surface area contributed by atoms with E-state index in [0.29, 0.717) is 36.4 Å². The van der Waals surface area contributed by atoms with Crippen LogP contribution < -0.4 is 0 Å². The SMILES string of the molecule is CC(C)(O)C(O)CCC(=O)C1CCC2(C)C1CCC1C3(C)CCC(O)C(C)(C)C3CCC12C. The van der Waals surface area contributed by atoms with E-state index in [1.807, 2.05) is 0 Å². The molecule has 4 fully saturated rings. The molecule has 9 atom stereocenters. The van der Waals surface area contributed by atoms with Gasteiger partial charge in [0, 0.05) is 12.3 Å². The van der Waals surface area contributed by atoms with Crippen LogP contribution in [-0.4, -0.2) is 38.9 Å². The van der Waals surface area contributed by atoms with E-state index in [4.69, 9.17) is 0 Å². The van der Waals surface area contributed by atoms with E-state index in [1.54, 1.807) is 13.8 Å². The van der Waals surface area contributed by atoms with E-state index in [0.717, 1.165) is 32.1 Å². The van der Waals surface area contributed by atoms with Crippen molar-refractivity contribution in [3.63, 3.8) is 0 Å². The summed E-state index contributed by atoms with van der Waals surface area (Å²) in [5.74, 6) is 2.07. The normalized spacial score (nSPS) is 47.9. The number of ketones is 1. The molecule has 0 aromatic carbocycles. The van der Waals surface area contributed by atoms with Gasteiger partial charge in [0.1, 0.15) is 5.78 Å². The molecule has 4 nitrogen and oxygen atoms in total. The topological polar surface area (TPSA) is 77.8 Å². The summed E-state index contributed by atoms with van der Waals surface area (Å²) < 4.78 is 0. The quantitative estimate of drug-likeness (QED) is 0.503. The van der Waals surface area contributed by atoms with Gasteiger partial charge in [-0.25, -0.2) is 0 Å². The van der Waals surface area contributed by atoms with E-state index in [1.165, 1.54) is 19.3 Å². The van der Waals surface area contributed by atoms with Crippen molar-refractivity contribution in [2.45, 2.75) is 130 Å². The van der Waals surface area contributed by atoms with Crippen molar-refractivity contribution in [1.29, 1.82) is 0 Å². The fourth-order valence-corrected chi connectivity index (χ4v) is 9.94. The number of hydrogen-bond acceptors (Lipinski definition) is 4. The molecular weight excluding hydrogens is 412 g/mol. The largest absolute Gasteiger partial charge is 0.393 e. The average Bonchev–Trinajstić information content (AvgIpc) is 3.07. The Morgan fingerprint density at radius 3 is 2.18 bits per heavy atom. The number of rotatable bonds is 5. The molecule has 0 bridgehead atoms. The Bertz CT molecular complexity index is 768. The van der Waals surface area contributed by atoms with Gasteiger partial charge in [-0.15, -0.1) is 0 Å². The Kier molecular flexibility index (Phi) is 6.24. The lowest BCUT2D eigenvalue weighted by atomic mass is 9.35. The Morgan fingerprint density at radius 1 is 0.909 bits per heavy atom. The zero-order valence-corrected chi connectivity index (χ0v) is 22.3. The van der Waals surface area contributed by atoms with Crippen molar-refractivity contribution in [3.8, 4) is 0 Å². The van der Waals surface area contributed by atoms with Crippen LogP contribution in [0.25, 0.3) is 0 Å². The molecule has 4 saturated carbocycles. The van der Waals surface area contributed by atoms with Gasteiger partial charge in [0.15, 0.2) is 0 Å². The van der Waals surface area contributed by atoms with Crippen LogP contribution in [0.4, 0.5) is 0 Å². The van der Waals surface area contributed by atoms with Gasteiger partial charge < -0.3 is 15.3 Å². The minimum absolute atomic E-state index is 0.0262. The van der Waals surface area contributed by atoms with Crippen LogP contribution in [0.5, 0.6) is 0 Å². The highest BCUT2D eigenvalue weighted by molar-refractivity contribution is 5.81. The molecule has 9 unspecified atom stereocenters. The summed E-state index contributed by atoms with van der Waals surface area (Å²) in [6, 6.07) is 0. The van der Waals surface area contributed by atoms with Gasteiger partial charge in [-0.3, -0.25) is 4.79 Å². The molecule has 0 heterocycles. The third-order valence-corrected chi connectivity index (χ3v) is 12.3. The van der Waals surface area contributed by atoms with Gasteiger partial charge in [0.2, 0.25) is 0 Å². The number of carbonyl (C=O) groups excluding carboxylic acids is 1. The Labute approximate surface area is 201 Å². The number of fused-ring (bicyclic) bond motifs is 5. The summed E-state index contributed by atoms with van der Waals surface area (Å²) in [5, 5.41) is 31.1. The molecule has 0 aliphatic heterocycles. The van der Waals surface area contributed by atoms with Gasteiger partial charge in [-0.2, -0.15) is 0 Å². The summed E-state index contributed by atoms with van der Waals surface area (Å²) in [6.45, 7) is 15.4. The van der Waals surface area contributed by atoms with Gasteiger partial charge >= 0.3 is 0 Å². The molecule has 4 heteroatoms. The zero-order valence-electron chi connectivity index (χ0n) is 22.3. The van der Waals surface area contributed by atoms with Crippen molar-refractivity contribution in [1.82, 2.24) is 0 Å². The second kappa shape index (κ2) is 8.03. The molecular formula is C29H50O4. The molecule has 4 rings (SSSR count). The Balaban J connectivity index is 1.55. The zero-order chi connectivity index (χ0) is 24.6. The monoisotopic (exact) mass is 462 g/mol. The Hall–Kier alpha value is -0.450. The highest BCUT2D eigenvalue weighted by Gasteiger charge is 2.68. The highest BCUT2D eigenvalue weighted by Crippen LogP contribution is 2.75. The number of carbonyl (C=O) groups is 1. The molecule has 0 amide bonds. The predicted molar refractivity (Wildman–Crippen MR) is 132 cm³/mol. The molecule has 0 radical (unpaired) electrons.